The molecule has 1 N–H and O–H groups in total. The lowest BCUT2D eigenvalue weighted by atomic mass is 10.0. The van der Waals surface area contributed by atoms with Crippen LogP contribution in [0.3, 0.4) is 0 Å². The zero-order valence-corrected chi connectivity index (χ0v) is 9.37. The Balaban J connectivity index is 2.65. The van der Waals surface area contributed by atoms with E-state index < -0.39 is 40.8 Å². The van der Waals surface area contributed by atoms with Gasteiger partial charge in [-0.05, 0) is 22.4 Å². The van der Waals surface area contributed by atoms with E-state index in [0.717, 1.165) is 11.3 Å². The van der Waals surface area contributed by atoms with E-state index in [-0.39, 0.29) is 5.56 Å². The maximum atomic E-state index is 13.4. The van der Waals surface area contributed by atoms with Crippen molar-refractivity contribution in [2.24, 2.45) is 0 Å². The van der Waals surface area contributed by atoms with E-state index >= 15 is 0 Å². The van der Waals surface area contributed by atoms with Crippen molar-refractivity contribution in [1.82, 2.24) is 0 Å². The molecule has 0 aliphatic heterocycles. The van der Waals surface area contributed by atoms with Crippen molar-refractivity contribution >= 4 is 11.3 Å². The second-order valence-corrected chi connectivity index (χ2v) is 4.22. The molecule has 1 unspecified atom stereocenters. The number of aliphatic hydroxyl groups excluding tert-OH is 1. The van der Waals surface area contributed by atoms with E-state index in [1.807, 2.05) is 0 Å². The predicted molar refractivity (Wildman–Crippen MR) is 54.6 cm³/mol. The molecule has 0 amide bonds. The van der Waals surface area contributed by atoms with Crippen molar-refractivity contribution in [1.29, 1.82) is 0 Å². The number of hydrogen-bond donors (Lipinski definition) is 1. The number of benzene rings is 1. The summed E-state index contributed by atoms with van der Waals surface area (Å²) in [6, 6.07) is 1.33. The van der Waals surface area contributed by atoms with Crippen LogP contribution >= 0.6 is 11.3 Å². The number of halogens is 5. The predicted octanol–water partition coefficient (Wildman–Crippen LogP) is 3.53. The fraction of sp³-hybridized carbons (Fsp3) is 0.0909. The van der Waals surface area contributed by atoms with Gasteiger partial charge in [-0.2, -0.15) is 11.3 Å². The van der Waals surface area contributed by atoms with Gasteiger partial charge in [0, 0.05) is 0 Å². The third-order valence-corrected chi connectivity index (χ3v) is 3.08. The summed E-state index contributed by atoms with van der Waals surface area (Å²) in [5.74, 6) is -10.4. The minimum atomic E-state index is -2.24. The molecule has 1 aromatic heterocycles. The van der Waals surface area contributed by atoms with E-state index in [1.54, 1.807) is 0 Å². The van der Waals surface area contributed by atoms with Gasteiger partial charge >= 0.3 is 0 Å². The second kappa shape index (κ2) is 4.66. The van der Waals surface area contributed by atoms with Gasteiger partial charge in [-0.15, -0.1) is 0 Å². The summed E-state index contributed by atoms with van der Waals surface area (Å²) in [4.78, 5) is 0. The molecule has 0 saturated carbocycles. The largest absolute Gasteiger partial charge is 0.383 e. The molecule has 7 heteroatoms. The standard InChI is InChI=1S/C11H5F5OS/c12-6-5(11(17)4-1-2-18-3-4)7(13)9(15)10(16)8(6)14/h1-3,11,17H. The van der Waals surface area contributed by atoms with Gasteiger partial charge < -0.3 is 5.11 Å². The maximum Gasteiger partial charge on any atom is 0.200 e. The highest BCUT2D eigenvalue weighted by Gasteiger charge is 2.30. The molecule has 0 aliphatic rings. The van der Waals surface area contributed by atoms with Gasteiger partial charge in [0.2, 0.25) is 5.82 Å². The molecule has 2 rings (SSSR count). The van der Waals surface area contributed by atoms with Crippen molar-refractivity contribution in [2.75, 3.05) is 0 Å². The van der Waals surface area contributed by atoms with Gasteiger partial charge in [0.1, 0.15) is 6.10 Å². The Bertz CT molecular complexity index is 553. The molecule has 96 valence electrons. The highest BCUT2D eigenvalue weighted by molar-refractivity contribution is 7.07. The molecular formula is C11H5F5OS. The van der Waals surface area contributed by atoms with Crippen LogP contribution in [0.15, 0.2) is 16.8 Å². The van der Waals surface area contributed by atoms with Crippen LogP contribution in [0.5, 0.6) is 0 Å². The van der Waals surface area contributed by atoms with Crippen molar-refractivity contribution in [3.8, 4) is 0 Å². The minimum Gasteiger partial charge on any atom is -0.383 e. The summed E-state index contributed by atoms with van der Waals surface area (Å²) in [6.07, 6.45) is -1.90. The molecule has 0 radical (unpaired) electrons. The fourth-order valence-corrected chi connectivity index (χ4v) is 2.14. The first kappa shape index (κ1) is 13.0. The third kappa shape index (κ3) is 1.89. The Labute approximate surface area is 102 Å². The Hall–Kier alpha value is -1.47. The molecule has 18 heavy (non-hydrogen) atoms. The zero-order chi connectivity index (χ0) is 13.4. The van der Waals surface area contributed by atoms with Crippen LogP contribution in [0.2, 0.25) is 0 Å². The van der Waals surface area contributed by atoms with Crippen LogP contribution in [-0.2, 0) is 0 Å². The van der Waals surface area contributed by atoms with Gasteiger partial charge in [0.05, 0.1) is 5.56 Å². The van der Waals surface area contributed by atoms with Gasteiger partial charge in [0.15, 0.2) is 23.3 Å². The number of thiophene rings is 1. The average molecular weight is 280 g/mol. The Morgan fingerprint density at radius 3 is 1.83 bits per heavy atom. The molecule has 0 saturated heterocycles. The van der Waals surface area contributed by atoms with Crippen molar-refractivity contribution < 1.29 is 27.1 Å². The smallest absolute Gasteiger partial charge is 0.200 e. The van der Waals surface area contributed by atoms with E-state index in [2.05, 4.69) is 0 Å². The first-order valence-corrected chi connectivity index (χ1v) is 5.61. The number of hydrogen-bond acceptors (Lipinski definition) is 2. The van der Waals surface area contributed by atoms with E-state index in [1.165, 1.54) is 16.8 Å². The molecule has 0 bridgehead atoms. The zero-order valence-electron chi connectivity index (χ0n) is 8.55. The summed E-state index contributed by atoms with van der Waals surface area (Å²) in [6.45, 7) is 0. The van der Waals surface area contributed by atoms with Gasteiger partial charge in [-0.25, -0.2) is 22.0 Å². The molecular weight excluding hydrogens is 275 g/mol. The third-order valence-electron chi connectivity index (χ3n) is 2.38. The summed E-state index contributed by atoms with van der Waals surface area (Å²) in [5, 5.41) is 12.5. The van der Waals surface area contributed by atoms with Crippen molar-refractivity contribution in [3.05, 3.63) is 57.0 Å². The van der Waals surface area contributed by atoms with E-state index in [4.69, 9.17) is 0 Å². The first-order chi connectivity index (χ1) is 8.45. The van der Waals surface area contributed by atoms with Crippen molar-refractivity contribution in [3.63, 3.8) is 0 Å². The minimum absolute atomic E-state index is 0.0585. The summed E-state index contributed by atoms with van der Waals surface area (Å²) in [7, 11) is 0. The van der Waals surface area contributed by atoms with Crippen LogP contribution in [0.1, 0.15) is 17.2 Å². The summed E-state index contributed by atoms with van der Waals surface area (Å²) >= 11 is 1.12. The first-order valence-electron chi connectivity index (χ1n) is 4.66. The molecule has 1 heterocycles. The van der Waals surface area contributed by atoms with Gasteiger partial charge in [0.25, 0.3) is 0 Å². The average Bonchev–Trinajstić information content (AvgIpc) is 2.88. The lowest BCUT2D eigenvalue weighted by Crippen LogP contribution is -2.11. The van der Waals surface area contributed by atoms with Crippen molar-refractivity contribution in [2.45, 2.75) is 6.10 Å². The number of aliphatic hydroxyl groups is 1. The Morgan fingerprint density at radius 2 is 1.39 bits per heavy atom. The van der Waals surface area contributed by atoms with Gasteiger partial charge in [-0.3, -0.25) is 0 Å². The van der Waals surface area contributed by atoms with E-state index in [9.17, 15) is 27.1 Å². The topological polar surface area (TPSA) is 20.2 Å². The summed E-state index contributed by atoms with van der Waals surface area (Å²) < 4.78 is 65.4. The molecule has 2 aromatic rings. The SMILES string of the molecule is OC(c1ccsc1)c1c(F)c(F)c(F)c(F)c1F. The van der Waals surface area contributed by atoms with Crippen LogP contribution in [0.25, 0.3) is 0 Å². The number of rotatable bonds is 2. The quantitative estimate of drug-likeness (QED) is 0.507. The van der Waals surface area contributed by atoms with Crippen LogP contribution in [0, 0.1) is 29.1 Å². The van der Waals surface area contributed by atoms with Crippen LogP contribution < -0.4 is 0 Å². The van der Waals surface area contributed by atoms with E-state index in [0.29, 0.717) is 0 Å². The monoisotopic (exact) mass is 280 g/mol. The lowest BCUT2D eigenvalue weighted by Gasteiger charge is -2.13. The van der Waals surface area contributed by atoms with Crippen LogP contribution in [-0.4, -0.2) is 5.11 Å². The lowest BCUT2D eigenvalue weighted by molar-refractivity contribution is 0.203. The van der Waals surface area contributed by atoms with Gasteiger partial charge in [-0.1, -0.05) is 0 Å². The summed E-state index contributed by atoms with van der Waals surface area (Å²) in [5.41, 5.74) is -1.19. The normalized spacial score (nSPS) is 12.8. The molecule has 1 aromatic carbocycles. The Kier molecular flexibility index (Phi) is 3.36. The van der Waals surface area contributed by atoms with Crippen LogP contribution in [0.4, 0.5) is 22.0 Å². The highest BCUT2D eigenvalue weighted by Crippen LogP contribution is 2.32. The molecule has 1 atom stereocenters. The molecule has 0 aliphatic carbocycles. The molecule has 0 fully saturated rings. The molecule has 0 spiro atoms. The Morgan fingerprint density at radius 1 is 0.889 bits per heavy atom. The maximum absolute atomic E-state index is 13.4. The second-order valence-electron chi connectivity index (χ2n) is 3.44. The molecule has 1 nitrogen and oxygen atoms in total. The fourth-order valence-electron chi connectivity index (χ4n) is 1.46. The highest BCUT2D eigenvalue weighted by atomic mass is 32.1.